The maximum absolute atomic E-state index is 4.72. The van der Waals surface area contributed by atoms with Crippen LogP contribution in [0.2, 0.25) is 0 Å². The van der Waals surface area contributed by atoms with Gasteiger partial charge >= 0.3 is 0 Å². The zero-order chi connectivity index (χ0) is 19.4. The van der Waals surface area contributed by atoms with Crippen molar-refractivity contribution in [3.05, 3.63) is 78.4 Å². The molecule has 0 bridgehead atoms. The molecule has 0 aliphatic carbocycles. The van der Waals surface area contributed by atoms with Gasteiger partial charge in [0.05, 0.1) is 13.1 Å². The van der Waals surface area contributed by atoms with Crippen LogP contribution in [0.25, 0.3) is 0 Å². The molecule has 1 heterocycles. The van der Waals surface area contributed by atoms with Crippen molar-refractivity contribution in [1.82, 2.24) is 25.4 Å². The molecule has 3 rings (SSSR count). The van der Waals surface area contributed by atoms with E-state index in [0.29, 0.717) is 13.1 Å². The summed E-state index contributed by atoms with van der Waals surface area (Å²) in [6, 6.07) is 18.9. The van der Waals surface area contributed by atoms with E-state index in [1.165, 1.54) is 16.0 Å². The Hall–Kier alpha value is -2.07. The number of benzene rings is 2. The number of aromatic nitrogens is 3. The summed E-state index contributed by atoms with van der Waals surface area (Å²) in [5.74, 6) is 1.83. The highest BCUT2D eigenvalue weighted by Crippen LogP contribution is 2.15. The standard InChI is InChI=1S/C21H26N6S.HI/c1-2-23-21(24-11-12-28-20-9-4-3-5-10-20)25-14-18-7-6-8-19(13-18)15-27-17-22-16-26-27;/h3-10,13,16-17H,2,11-12,14-15H2,1H3,(H2,23,24,25);1H. The van der Waals surface area contributed by atoms with Crippen LogP contribution in [-0.2, 0) is 13.1 Å². The lowest BCUT2D eigenvalue weighted by molar-refractivity contribution is 0.684. The molecule has 0 spiro atoms. The third-order valence-electron chi connectivity index (χ3n) is 3.97. The maximum atomic E-state index is 4.72. The van der Waals surface area contributed by atoms with Crippen molar-refractivity contribution in [1.29, 1.82) is 0 Å². The molecule has 2 aromatic carbocycles. The van der Waals surface area contributed by atoms with Crippen LogP contribution in [0.1, 0.15) is 18.1 Å². The van der Waals surface area contributed by atoms with Gasteiger partial charge in [-0.1, -0.05) is 42.5 Å². The van der Waals surface area contributed by atoms with Gasteiger partial charge in [0.25, 0.3) is 0 Å². The van der Waals surface area contributed by atoms with Crippen LogP contribution < -0.4 is 10.6 Å². The van der Waals surface area contributed by atoms with Gasteiger partial charge in [-0.15, -0.1) is 35.7 Å². The quantitative estimate of drug-likeness (QED) is 0.147. The average Bonchev–Trinajstić information content (AvgIpc) is 3.23. The lowest BCUT2D eigenvalue weighted by Gasteiger charge is -2.11. The molecule has 0 aliphatic rings. The second kappa shape index (κ2) is 13.2. The molecule has 0 aliphatic heterocycles. The molecule has 0 atom stereocenters. The van der Waals surface area contributed by atoms with Gasteiger partial charge in [-0.05, 0) is 30.2 Å². The highest BCUT2D eigenvalue weighted by molar-refractivity contribution is 14.0. The molecular formula is C21H27IN6S. The van der Waals surface area contributed by atoms with Gasteiger partial charge in [0.15, 0.2) is 5.96 Å². The Morgan fingerprint density at radius 3 is 2.66 bits per heavy atom. The van der Waals surface area contributed by atoms with Crippen molar-refractivity contribution in [2.75, 3.05) is 18.8 Å². The molecule has 154 valence electrons. The molecule has 0 unspecified atom stereocenters. The predicted octanol–water partition coefficient (Wildman–Crippen LogP) is 3.79. The first kappa shape index (κ1) is 23.2. The highest BCUT2D eigenvalue weighted by Gasteiger charge is 2.01. The average molecular weight is 522 g/mol. The number of guanidine groups is 1. The first-order valence-electron chi connectivity index (χ1n) is 9.44. The number of aliphatic imine (C=N–C) groups is 1. The maximum Gasteiger partial charge on any atom is 0.191 e. The summed E-state index contributed by atoms with van der Waals surface area (Å²) in [4.78, 5) is 9.99. The molecule has 3 aromatic rings. The van der Waals surface area contributed by atoms with Crippen LogP contribution in [0, 0.1) is 0 Å². The van der Waals surface area contributed by atoms with E-state index in [2.05, 4.69) is 76.2 Å². The Labute approximate surface area is 193 Å². The van der Waals surface area contributed by atoms with Crippen molar-refractivity contribution in [3.63, 3.8) is 0 Å². The second-order valence-electron chi connectivity index (χ2n) is 6.20. The van der Waals surface area contributed by atoms with Gasteiger partial charge in [-0.25, -0.2) is 14.7 Å². The smallest absolute Gasteiger partial charge is 0.191 e. The van der Waals surface area contributed by atoms with E-state index in [-0.39, 0.29) is 24.0 Å². The van der Waals surface area contributed by atoms with Crippen molar-refractivity contribution in [2.24, 2.45) is 4.99 Å². The number of thioether (sulfide) groups is 1. The largest absolute Gasteiger partial charge is 0.357 e. The molecular weight excluding hydrogens is 495 g/mol. The summed E-state index contributed by atoms with van der Waals surface area (Å²) in [5.41, 5.74) is 2.36. The summed E-state index contributed by atoms with van der Waals surface area (Å²) in [6.07, 6.45) is 3.28. The van der Waals surface area contributed by atoms with Gasteiger partial charge in [0.2, 0.25) is 0 Å². The molecule has 0 fully saturated rings. The summed E-state index contributed by atoms with van der Waals surface area (Å²) in [7, 11) is 0. The predicted molar refractivity (Wildman–Crippen MR) is 131 cm³/mol. The number of hydrogen-bond acceptors (Lipinski definition) is 4. The first-order chi connectivity index (χ1) is 13.8. The van der Waals surface area contributed by atoms with Gasteiger partial charge in [0.1, 0.15) is 12.7 Å². The number of nitrogens with one attached hydrogen (secondary N) is 2. The Balaban J connectivity index is 0.00000300. The van der Waals surface area contributed by atoms with Crippen LogP contribution in [-0.4, -0.2) is 39.6 Å². The van der Waals surface area contributed by atoms with Gasteiger partial charge in [-0.3, -0.25) is 0 Å². The summed E-state index contributed by atoms with van der Waals surface area (Å²) >= 11 is 1.84. The normalized spacial score (nSPS) is 11.0. The molecule has 1 aromatic heterocycles. The lowest BCUT2D eigenvalue weighted by atomic mass is 10.1. The van der Waals surface area contributed by atoms with Crippen molar-refractivity contribution in [2.45, 2.75) is 24.9 Å². The van der Waals surface area contributed by atoms with Gasteiger partial charge in [0, 0.05) is 23.7 Å². The Kier molecular flexibility index (Phi) is 10.6. The van der Waals surface area contributed by atoms with Crippen LogP contribution >= 0.6 is 35.7 Å². The van der Waals surface area contributed by atoms with Crippen molar-refractivity contribution >= 4 is 41.7 Å². The SMILES string of the molecule is CCNC(=NCc1cccc(Cn2cncn2)c1)NCCSc1ccccc1.I. The summed E-state index contributed by atoms with van der Waals surface area (Å²) < 4.78 is 1.82. The van der Waals surface area contributed by atoms with Crippen molar-refractivity contribution in [3.8, 4) is 0 Å². The molecule has 2 N–H and O–H groups in total. The fourth-order valence-corrected chi connectivity index (χ4v) is 3.48. The summed E-state index contributed by atoms with van der Waals surface area (Å²) in [6.45, 7) is 5.12. The zero-order valence-electron chi connectivity index (χ0n) is 16.5. The minimum atomic E-state index is 0. The monoisotopic (exact) mass is 522 g/mol. The van der Waals surface area contributed by atoms with E-state index >= 15 is 0 Å². The topological polar surface area (TPSA) is 67.1 Å². The van der Waals surface area contributed by atoms with E-state index in [0.717, 1.165) is 24.8 Å². The van der Waals surface area contributed by atoms with Crippen LogP contribution in [0.5, 0.6) is 0 Å². The van der Waals surface area contributed by atoms with Crippen molar-refractivity contribution < 1.29 is 0 Å². The number of nitrogens with zero attached hydrogens (tertiary/aromatic N) is 4. The molecule has 6 nitrogen and oxygen atoms in total. The molecule has 0 amide bonds. The zero-order valence-corrected chi connectivity index (χ0v) is 19.6. The van der Waals surface area contributed by atoms with E-state index in [4.69, 9.17) is 4.99 Å². The lowest BCUT2D eigenvalue weighted by Crippen LogP contribution is -2.38. The van der Waals surface area contributed by atoms with Crippen LogP contribution in [0.3, 0.4) is 0 Å². The van der Waals surface area contributed by atoms with Gasteiger partial charge < -0.3 is 10.6 Å². The summed E-state index contributed by atoms with van der Waals surface area (Å²) in [5, 5.41) is 10.9. The number of rotatable bonds is 9. The fraction of sp³-hybridized carbons (Fsp3) is 0.286. The second-order valence-corrected chi connectivity index (χ2v) is 7.36. The third-order valence-corrected chi connectivity index (χ3v) is 4.99. The Bertz CT molecular complexity index is 855. The molecule has 8 heteroatoms. The third kappa shape index (κ3) is 8.45. The van der Waals surface area contributed by atoms with E-state index < -0.39 is 0 Å². The van der Waals surface area contributed by atoms with Crippen LogP contribution in [0.15, 0.2) is 77.1 Å². The number of halogens is 1. The van der Waals surface area contributed by atoms with Crippen LogP contribution in [0.4, 0.5) is 0 Å². The Morgan fingerprint density at radius 1 is 1.07 bits per heavy atom. The molecule has 0 saturated heterocycles. The Morgan fingerprint density at radius 2 is 1.90 bits per heavy atom. The van der Waals surface area contributed by atoms with E-state index in [1.807, 2.05) is 22.5 Å². The fourth-order valence-electron chi connectivity index (χ4n) is 2.69. The van der Waals surface area contributed by atoms with E-state index in [9.17, 15) is 0 Å². The minimum absolute atomic E-state index is 0. The van der Waals surface area contributed by atoms with Gasteiger partial charge in [-0.2, -0.15) is 5.10 Å². The molecule has 0 saturated carbocycles. The molecule has 29 heavy (non-hydrogen) atoms. The first-order valence-corrected chi connectivity index (χ1v) is 10.4. The highest BCUT2D eigenvalue weighted by atomic mass is 127. The van der Waals surface area contributed by atoms with E-state index in [1.54, 1.807) is 12.7 Å². The minimum Gasteiger partial charge on any atom is -0.357 e. The molecule has 0 radical (unpaired) electrons. The number of hydrogen-bond donors (Lipinski definition) is 2.